The third-order valence-electron chi connectivity index (χ3n) is 1.99. The Labute approximate surface area is 78.5 Å². The monoisotopic (exact) mass is 196 g/mol. The fraction of sp³-hybridized carbons (Fsp3) is 0.286. The quantitative estimate of drug-likeness (QED) is 0.504. The first kappa shape index (κ1) is 8.54. The van der Waals surface area contributed by atoms with Crippen molar-refractivity contribution in [3.63, 3.8) is 0 Å². The zero-order valence-corrected chi connectivity index (χ0v) is 7.15. The van der Waals surface area contributed by atoms with Crippen LogP contribution in [0.25, 0.3) is 0 Å². The molecule has 0 fully saturated rings. The highest BCUT2D eigenvalue weighted by Crippen LogP contribution is 2.22. The summed E-state index contributed by atoms with van der Waals surface area (Å²) in [5.74, 6) is -1.75. The molecule has 2 rings (SSSR count). The SMILES string of the molecule is NC(=O)c1nn2c(c1O)C(=O)NCC2. The maximum absolute atomic E-state index is 11.3. The molecule has 4 N–H and O–H groups in total. The molecule has 14 heavy (non-hydrogen) atoms. The Kier molecular flexibility index (Phi) is 1.66. The van der Waals surface area contributed by atoms with Crippen molar-refractivity contribution >= 4 is 11.8 Å². The van der Waals surface area contributed by atoms with Gasteiger partial charge >= 0.3 is 0 Å². The van der Waals surface area contributed by atoms with Crippen molar-refractivity contribution in [2.24, 2.45) is 5.73 Å². The Morgan fingerprint density at radius 3 is 2.93 bits per heavy atom. The van der Waals surface area contributed by atoms with Crippen LogP contribution in [-0.4, -0.2) is 33.2 Å². The van der Waals surface area contributed by atoms with Crippen molar-refractivity contribution in [3.8, 4) is 5.75 Å². The number of hydrogen-bond donors (Lipinski definition) is 3. The summed E-state index contributed by atoms with van der Waals surface area (Å²) in [5.41, 5.74) is 4.69. The van der Waals surface area contributed by atoms with Crippen LogP contribution in [0, 0.1) is 0 Å². The lowest BCUT2D eigenvalue weighted by atomic mass is 10.2. The molecule has 0 aliphatic carbocycles. The highest BCUT2D eigenvalue weighted by Gasteiger charge is 2.27. The van der Waals surface area contributed by atoms with Crippen molar-refractivity contribution in [2.45, 2.75) is 6.54 Å². The van der Waals surface area contributed by atoms with Crippen LogP contribution in [0.15, 0.2) is 0 Å². The number of carbonyl (C=O) groups is 2. The van der Waals surface area contributed by atoms with E-state index in [2.05, 4.69) is 10.4 Å². The van der Waals surface area contributed by atoms with E-state index in [1.165, 1.54) is 4.68 Å². The first-order chi connectivity index (χ1) is 6.61. The molecule has 1 aromatic rings. The van der Waals surface area contributed by atoms with Gasteiger partial charge in [-0.3, -0.25) is 14.3 Å². The van der Waals surface area contributed by atoms with Crippen LogP contribution in [0.1, 0.15) is 21.0 Å². The number of nitrogens with zero attached hydrogens (tertiary/aromatic N) is 2. The Hall–Kier alpha value is -2.05. The summed E-state index contributed by atoms with van der Waals surface area (Å²) in [7, 11) is 0. The largest absolute Gasteiger partial charge is 0.504 e. The van der Waals surface area contributed by atoms with Crippen LogP contribution >= 0.6 is 0 Å². The molecule has 0 atom stereocenters. The molecule has 0 spiro atoms. The molecule has 0 aromatic carbocycles. The highest BCUT2D eigenvalue weighted by molar-refractivity contribution is 6.01. The lowest BCUT2D eigenvalue weighted by molar-refractivity contribution is 0.0920. The fourth-order valence-electron chi connectivity index (χ4n) is 1.36. The van der Waals surface area contributed by atoms with Gasteiger partial charge in [0.25, 0.3) is 11.8 Å². The van der Waals surface area contributed by atoms with Gasteiger partial charge in [-0.1, -0.05) is 0 Å². The van der Waals surface area contributed by atoms with E-state index >= 15 is 0 Å². The molecule has 1 aliphatic rings. The van der Waals surface area contributed by atoms with Crippen LogP contribution in [0.2, 0.25) is 0 Å². The maximum atomic E-state index is 11.3. The first-order valence-corrected chi connectivity index (χ1v) is 3.99. The predicted molar refractivity (Wildman–Crippen MR) is 44.7 cm³/mol. The Morgan fingerprint density at radius 2 is 2.36 bits per heavy atom. The highest BCUT2D eigenvalue weighted by atomic mass is 16.3. The van der Waals surface area contributed by atoms with E-state index in [4.69, 9.17) is 5.73 Å². The number of hydrogen-bond acceptors (Lipinski definition) is 4. The zero-order valence-electron chi connectivity index (χ0n) is 7.15. The van der Waals surface area contributed by atoms with Gasteiger partial charge in [-0.05, 0) is 0 Å². The van der Waals surface area contributed by atoms with E-state index in [1.807, 2.05) is 0 Å². The second-order valence-electron chi connectivity index (χ2n) is 2.89. The molecule has 0 unspecified atom stereocenters. The minimum atomic E-state index is -0.850. The van der Waals surface area contributed by atoms with Gasteiger partial charge in [0.05, 0.1) is 6.54 Å². The standard InChI is InChI=1S/C7H8N4O3/c8-6(13)3-5(12)4-7(14)9-1-2-11(4)10-3/h12H,1-2H2,(H2,8,13)(H,9,14). The van der Waals surface area contributed by atoms with Crippen LogP contribution in [-0.2, 0) is 6.54 Å². The average Bonchev–Trinajstić information content (AvgIpc) is 2.45. The van der Waals surface area contributed by atoms with Crippen LogP contribution in [0.5, 0.6) is 5.75 Å². The van der Waals surface area contributed by atoms with Gasteiger partial charge in [-0.25, -0.2) is 0 Å². The van der Waals surface area contributed by atoms with E-state index in [0.29, 0.717) is 13.1 Å². The summed E-state index contributed by atoms with van der Waals surface area (Å²) in [6.45, 7) is 0.840. The lowest BCUT2D eigenvalue weighted by Gasteiger charge is -2.13. The van der Waals surface area contributed by atoms with Crippen molar-refractivity contribution in [1.82, 2.24) is 15.1 Å². The number of rotatable bonds is 1. The molecule has 7 heteroatoms. The third-order valence-corrected chi connectivity index (χ3v) is 1.99. The molecule has 0 bridgehead atoms. The number of nitrogens with one attached hydrogen (secondary N) is 1. The van der Waals surface area contributed by atoms with E-state index < -0.39 is 17.6 Å². The molecule has 0 saturated heterocycles. The number of fused-ring (bicyclic) bond motifs is 1. The Morgan fingerprint density at radius 1 is 1.64 bits per heavy atom. The van der Waals surface area contributed by atoms with Gasteiger partial charge in [0.2, 0.25) is 0 Å². The molecule has 7 nitrogen and oxygen atoms in total. The molecule has 2 amide bonds. The Bertz CT molecular complexity index is 423. The topological polar surface area (TPSA) is 110 Å². The summed E-state index contributed by atoms with van der Waals surface area (Å²) in [4.78, 5) is 22.1. The van der Waals surface area contributed by atoms with Crippen LogP contribution < -0.4 is 11.1 Å². The van der Waals surface area contributed by atoms with Crippen LogP contribution in [0.4, 0.5) is 0 Å². The van der Waals surface area contributed by atoms with Gasteiger partial charge in [0.1, 0.15) is 0 Å². The third kappa shape index (κ3) is 1.02. The maximum Gasteiger partial charge on any atom is 0.273 e. The molecule has 74 valence electrons. The number of aromatic nitrogens is 2. The second-order valence-corrected chi connectivity index (χ2v) is 2.89. The average molecular weight is 196 g/mol. The first-order valence-electron chi connectivity index (χ1n) is 3.99. The number of nitrogens with two attached hydrogens (primary N) is 1. The predicted octanol–water partition coefficient (Wildman–Crippen LogP) is -1.57. The van der Waals surface area contributed by atoms with Gasteiger partial charge < -0.3 is 16.2 Å². The summed E-state index contributed by atoms with van der Waals surface area (Å²) in [5, 5.41) is 15.7. The number of aromatic hydroxyl groups is 1. The summed E-state index contributed by atoms with van der Waals surface area (Å²) >= 11 is 0. The number of primary amides is 1. The molecule has 1 aliphatic heterocycles. The molecule has 1 aromatic heterocycles. The Balaban J connectivity index is 2.60. The van der Waals surface area contributed by atoms with E-state index in [-0.39, 0.29) is 11.4 Å². The van der Waals surface area contributed by atoms with Crippen molar-refractivity contribution in [2.75, 3.05) is 6.54 Å². The summed E-state index contributed by atoms with van der Waals surface area (Å²) in [6.07, 6.45) is 0. The smallest absolute Gasteiger partial charge is 0.273 e. The van der Waals surface area contributed by atoms with Gasteiger partial charge in [-0.15, -0.1) is 0 Å². The van der Waals surface area contributed by atoms with Crippen molar-refractivity contribution < 1.29 is 14.7 Å². The molecular weight excluding hydrogens is 188 g/mol. The van der Waals surface area contributed by atoms with E-state index in [9.17, 15) is 14.7 Å². The molecule has 2 heterocycles. The lowest BCUT2D eigenvalue weighted by Crippen LogP contribution is -2.35. The fourth-order valence-corrected chi connectivity index (χ4v) is 1.36. The van der Waals surface area contributed by atoms with Crippen molar-refractivity contribution in [3.05, 3.63) is 11.4 Å². The number of amides is 2. The second kappa shape index (κ2) is 2.72. The van der Waals surface area contributed by atoms with Gasteiger partial charge in [0, 0.05) is 6.54 Å². The summed E-state index contributed by atoms with van der Waals surface area (Å²) < 4.78 is 1.27. The van der Waals surface area contributed by atoms with Gasteiger partial charge in [-0.2, -0.15) is 5.10 Å². The zero-order chi connectivity index (χ0) is 10.3. The van der Waals surface area contributed by atoms with E-state index in [0.717, 1.165) is 0 Å². The summed E-state index contributed by atoms with van der Waals surface area (Å²) in [6, 6.07) is 0. The molecule has 0 radical (unpaired) electrons. The van der Waals surface area contributed by atoms with Crippen molar-refractivity contribution in [1.29, 1.82) is 0 Å². The van der Waals surface area contributed by atoms with Gasteiger partial charge in [0.15, 0.2) is 17.1 Å². The molecule has 0 saturated carbocycles. The number of carbonyl (C=O) groups excluding carboxylic acids is 2. The normalized spacial score (nSPS) is 14.7. The minimum absolute atomic E-state index is 0.00921. The molecular formula is C7H8N4O3. The minimum Gasteiger partial charge on any atom is -0.504 e. The van der Waals surface area contributed by atoms with Crippen LogP contribution in [0.3, 0.4) is 0 Å². The van der Waals surface area contributed by atoms with E-state index in [1.54, 1.807) is 0 Å².